The largest absolute Gasteiger partial charge is 0.363 e. The summed E-state index contributed by atoms with van der Waals surface area (Å²) in [7, 11) is 1.75. The zero-order chi connectivity index (χ0) is 33.6. The van der Waals surface area contributed by atoms with Gasteiger partial charge in [-0.25, -0.2) is 4.79 Å². The fourth-order valence-corrected chi connectivity index (χ4v) is 7.19. The number of rotatable bonds is 13. The number of piperidine rings is 1. The minimum atomic E-state index is -1.09. The molecule has 4 fully saturated rings. The number of likely N-dealkylation sites (tertiary alicyclic amines) is 1. The highest BCUT2D eigenvalue weighted by molar-refractivity contribution is 6.37. The quantitative estimate of drug-likeness (QED) is 0.226. The van der Waals surface area contributed by atoms with Gasteiger partial charge in [0, 0.05) is 20.1 Å². The number of hydrogen-bond acceptors (Lipinski definition) is 6. The van der Waals surface area contributed by atoms with Crippen molar-refractivity contribution in [1.82, 2.24) is 25.8 Å². The van der Waals surface area contributed by atoms with Crippen molar-refractivity contribution < 1.29 is 28.8 Å². The molecule has 12 nitrogen and oxygen atoms in total. The van der Waals surface area contributed by atoms with E-state index in [2.05, 4.69) is 29.8 Å². The molecule has 1 aliphatic heterocycles. The first-order chi connectivity index (χ1) is 20.8. The second kappa shape index (κ2) is 12.9. The fourth-order valence-electron chi connectivity index (χ4n) is 7.19. The van der Waals surface area contributed by atoms with Gasteiger partial charge in [-0.1, -0.05) is 67.7 Å². The summed E-state index contributed by atoms with van der Waals surface area (Å²) in [5.41, 5.74) is 4.41. The monoisotopic (exact) mass is 630 g/mol. The highest BCUT2D eigenvalue weighted by atomic mass is 16.2. The zero-order valence-corrected chi connectivity index (χ0v) is 28.3. The molecule has 0 aromatic heterocycles. The second-order valence-corrected chi connectivity index (χ2v) is 16.0. The molecule has 3 saturated carbocycles. The SMILES string of the molecule is CC(C)[C@H](NC(=O)N[C@H](C(=O)N1C[C@H]2[C@@H]([C@H]1C(=O)NC(CC1CCC1)C(=O)C(N)=O)C2(C)C)C(C)(C)C)C(=O)N(C)CC1CC1. The lowest BCUT2D eigenvalue weighted by Gasteiger charge is -2.38. The average Bonchev–Trinajstić information content (AvgIpc) is 3.76. The van der Waals surface area contributed by atoms with Crippen LogP contribution in [0.15, 0.2) is 0 Å². The molecule has 4 rings (SSSR count). The number of nitrogens with one attached hydrogen (secondary N) is 3. The molecule has 45 heavy (non-hydrogen) atoms. The summed E-state index contributed by atoms with van der Waals surface area (Å²) in [5.74, 6) is -2.48. The Labute approximate surface area is 267 Å². The van der Waals surface area contributed by atoms with Gasteiger partial charge in [-0.15, -0.1) is 0 Å². The maximum absolute atomic E-state index is 14.3. The summed E-state index contributed by atoms with van der Waals surface area (Å²) in [4.78, 5) is 82.4. The predicted molar refractivity (Wildman–Crippen MR) is 168 cm³/mol. The third-order valence-electron chi connectivity index (χ3n) is 10.6. The van der Waals surface area contributed by atoms with Gasteiger partial charge in [0.1, 0.15) is 18.1 Å². The number of likely N-dealkylation sites (N-methyl/N-ethyl adjacent to an activating group) is 1. The van der Waals surface area contributed by atoms with Crippen LogP contribution in [0, 0.1) is 40.4 Å². The molecule has 252 valence electrons. The summed E-state index contributed by atoms with van der Waals surface area (Å²) in [6.45, 7) is 14.3. The molecular weight excluding hydrogens is 576 g/mol. The van der Waals surface area contributed by atoms with E-state index < -0.39 is 59.1 Å². The van der Waals surface area contributed by atoms with Gasteiger partial charge >= 0.3 is 6.03 Å². The molecule has 12 heteroatoms. The lowest BCUT2D eigenvalue weighted by atomic mass is 9.80. The minimum absolute atomic E-state index is 0.0773. The molecule has 0 bridgehead atoms. The third kappa shape index (κ3) is 7.62. The Morgan fingerprint density at radius 3 is 2.07 bits per heavy atom. The minimum Gasteiger partial charge on any atom is -0.363 e. The van der Waals surface area contributed by atoms with Gasteiger partial charge in [-0.05, 0) is 59.7 Å². The van der Waals surface area contributed by atoms with Crippen molar-refractivity contribution in [2.24, 2.45) is 46.2 Å². The second-order valence-electron chi connectivity index (χ2n) is 16.0. The number of ketones is 1. The van der Waals surface area contributed by atoms with Gasteiger partial charge < -0.3 is 31.5 Å². The number of carbonyl (C=O) groups is 6. The number of fused-ring (bicyclic) bond motifs is 1. The van der Waals surface area contributed by atoms with Gasteiger partial charge in [0.2, 0.25) is 23.5 Å². The van der Waals surface area contributed by atoms with E-state index in [1.165, 1.54) is 4.90 Å². The molecule has 3 aliphatic carbocycles. The van der Waals surface area contributed by atoms with E-state index in [0.717, 1.165) is 32.1 Å². The van der Waals surface area contributed by atoms with Crippen molar-refractivity contribution in [2.75, 3.05) is 20.1 Å². The lowest BCUT2D eigenvalue weighted by molar-refractivity contribution is -0.145. The van der Waals surface area contributed by atoms with Crippen LogP contribution in [-0.4, -0.2) is 89.5 Å². The van der Waals surface area contributed by atoms with Crippen molar-refractivity contribution in [3.05, 3.63) is 0 Å². The molecule has 1 heterocycles. The van der Waals surface area contributed by atoms with Gasteiger partial charge in [-0.2, -0.15) is 0 Å². The van der Waals surface area contributed by atoms with Crippen LogP contribution in [0.25, 0.3) is 0 Å². The van der Waals surface area contributed by atoms with Gasteiger partial charge in [0.25, 0.3) is 5.91 Å². The molecule has 6 amide bonds. The number of hydrogen-bond donors (Lipinski definition) is 4. The van der Waals surface area contributed by atoms with E-state index in [-0.39, 0.29) is 35.0 Å². The number of Topliss-reactive ketones (excluding diaryl/α,β-unsaturated/α-hetero) is 1. The van der Waals surface area contributed by atoms with E-state index in [4.69, 9.17) is 5.73 Å². The summed E-state index contributed by atoms with van der Waals surface area (Å²) < 4.78 is 0. The van der Waals surface area contributed by atoms with Crippen LogP contribution in [0.1, 0.15) is 87.0 Å². The number of amides is 6. The Morgan fingerprint density at radius 2 is 1.58 bits per heavy atom. The van der Waals surface area contributed by atoms with E-state index in [1.807, 2.05) is 34.6 Å². The number of carbonyl (C=O) groups excluding carboxylic acids is 6. The van der Waals surface area contributed by atoms with Crippen LogP contribution < -0.4 is 21.7 Å². The topological polar surface area (TPSA) is 171 Å². The molecule has 5 N–H and O–H groups in total. The number of urea groups is 1. The Kier molecular flexibility index (Phi) is 9.95. The van der Waals surface area contributed by atoms with Gasteiger partial charge in [-0.3, -0.25) is 24.0 Å². The maximum Gasteiger partial charge on any atom is 0.316 e. The van der Waals surface area contributed by atoms with Crippen molar-refractivity contribution in [3.63, 3.8) is 0 Å². The first-order valence-electron chi connectivity index (χ1n) is 16.6. The first-order valence-corrected chi connectivity index (χ1v) is 16.6. The standard InChI is InChI=1S/C33H54N6O6/c1-17(2)23(29(43)38(8)15-19-12-13-19)36-31(45)37-26(32(3,4)5)30(44)39-16-20-22(33(20,6)7)24(39)28(42)35-21(25(40)27(34)41)14-18-10-9-11-18/h17-24,26H,9-16H2,1-8H3,(H2,34,41)(H,35,42)(H2,36,37,45)/t20-,21?,22-,23-,24-,26+/m0/s1. The van der Waals surface area contributed by atoms with Gasteiger partial charge in [0.05, 0.1) is 6.04 Å². The normalized spacial score (nSPS) is 25.7. The molecule has 6 atom stereocenters. The van der Waals surface area contributed by atoms with Crippen LogP contribution in [0.3, 0.4) is 0 Å². The Morgan fingerprint density at radius 1 is 0.956 bits per heavy atom. The van der Waals surface area contributed by atoms with Crippen molar-refractivity contribution >= 4 is 35.4 Å². The highest BCUT2D eigenvalue weighted by Gasteiger charge is 2.70. The Balaban J connectivity index is 1.50. The molecular formula is C33H54N6O6. The molecule has 1 unspecified atom stereocenters. The van der Waals surface area contributed by atoms with Crippen molar-refractivity contribution in [3.8, 4) is 0 Å². The first kappa shape index (κ1) is 34.7. The maximum atomic E-state index is 14.3. The molecule has 0 aromatic rings. The van der Waals surface area contributed by atoms with E-state index in [1.54, 1.807) is 11.9 Å². The number of primary amides is 1. The third-order valence-corrected chi connectivity index (χ3v) is 10.6. The molecule has 4 aliphatic rings. The zero-order valence-electron chi connectivity index (χ0n) is 28.3. The highest BCUT2D eigenvalue weighted by Crippen LogP contribution is 2.65. The predicted octanol–water partition coefficient (Wildman–Crippen LogP) is 1.81. The smallest absolute Gasteiger partial charge is 0.316 e. The van der Waals surface area contributed by atoms with Crippen LogP contribution >= 0.6 is 0 Å². The Hall–Kier alpha value is -3.18. The van der Waals surface area contributed by atoms with E-state index in [0.29, 0.717) is 25.4 Å². The lowest BCUT2D eigenvalue weighted by Crippen LogP contribution is -2.62. The number of nitrogens with zero attached hydrogens (tertiary/aromatic N) is 2. The fraction of sp³-hybridized carbons (Fsp3) is 0.818. The average molecular weight is 631 g/mol. The Bertz CT molecular complexity index is 1200. The summed E-state index contributed by atoms with van der Waals surface area (Å²) >= 11 is 0. The molecule has 1 saturated heterocycles. The van der Waals surface area contributed by atoms with Gasteiger partial charge in [0.15, 0.2) is 0 Å². The molecule has 0 radical (unpaired) electrons. The summed E-state index contributed by atoms with van der Waals surface area (Å²) in [6, 6.07) is -4.30. The van der Waals surface area contributed by atoms with Crippen LogP contribution in [-0.2, 0) is 24.0 Å². The number of nitrogens with two attached hydrogens (primary N) is 1. The van der Waals surface area contributed by atoms with Crippen molar-refractivity contribution in [1.29, 1.82) is 0 Å². The van der Waals surface area contributed by atoms with E-state index in [9.17, 15) is 28.8 Å². The molecule has 0 aromatic carbocycles. The van der Waals surface area contributed by atoms with Crippen LogP contribution in [0.4, 0.5) is 4.79 Å². The molecule has 0 spiro atoms. The summed E-state index contributed by atoms with van der Waals surface area (Å²) in [6.07, 6.45) is 5.42. The van der Waals surface area contributed by atoms with E-state index >= 15 is 0 Å². The van der Waals surface area contributed by atoms with Crippen LogP contribution in [0.5, 0.6) is 0 Å². The van der Waals surface area contributed by atoms with Crippen LogP contribution in [0.2, 0.25) is 0 Å². The van der Waals surface area contributed by atoms with Crippen molar-refractivity contribution in [2.45, 2.75) is 111 Å². The summed E-state index contributed by atoms with van der Waals surface area (Å²) in [5, 5.41) is 8.43.